The first-order valence-electron chi connectivity index (χ1n) is 7.52. The molecule has 0 saturated heterocycles. The Morgan fingerprint density at radius 1 is 1.36 bits per heavy atom. The lowest BCUT2D eigenvalue weighted by Gasteiger charge is -2.34. The number of aliphatic hydroxyl groups is 1. The highest BCUT2D eigenvalue weighted by Gasteiger charge is 2.51. The number of benzene rings is 1. The van der Waals surface area contributed by atoms with E-state index in [0.29, 0.717) is 11.4 Å². The number of methoxy groups -OCH3 is 1. The Morgan fingerprint density at radius 3 is 2.72 bits per heavy atom. The van der Waals surface area contributed by atoms with E-state index in [9.17, 15) is 18.7 Å². The maximum atomic E-state index is 14.1. The molecular formula is C17H16F2N2O4. The number of halogens is 2. The van der Waals surface area contributed by atoms with Gasteiger partial charge < -0.3 is 14.6 Å². The molecule has 25 heavy (non-hydrogen) atoms. The standard InChI is InChI=1S/C17H16F2N2O4/c1-10(22)13-4-3-5-14-15(13)25-17(18,19)16(23)21(14)9-11-6-7-12(24-2)8-20-11/h3-8,10,22H,9H2,1-2H3. The van der Waals surface area contributed by atoms with Crippen molar-refractivity contribution >= 4 is 11.6 Å². The van der Waals surface area contributed by atoms with Crippen molar-refractivity contribution in [1.29, 1.82) is 0 Å². The molecule has 0 bridgehead atoms. The molecule has 6 nitrogen and oxygen atoms in total. The van der Waals surface area contributed by atoms with Crippen LogP contribution in [0.4, 0.5) is 14.5 Å². The van der Waals surface area contributed by atoms with Crippen LogP contribution >= 0.6 is 0 Å². The highest BCUT2D eigenvalue weighted by Crippen LogP contribution is 2.44. The molecule has 1 aliphatic heterocycles. The number of amides is 1. The van der Waals surface area contributed by atoms with Crippen molar-refractivity contribution in [1.82, 2.24) is 4.98 Å². The zero-order valence-electron chi connectivity index (χ0n) is 13.6. The topological polar surface area (TPSA) is 71.9 Å². The quantitative estimate of drug-likeness (QED) is 0.918. The molecule has 1 N–H and O–H groups in total. The monoisotopic (exact) mass is 350 g/mol. The predicted molar refractivity (Wildman–Crippen MR) is 84.6 cm³/mol. The van der Waals surface area contributed by atoms with Crippen LogP contribution in [0.1, 0.15) is 24.3 Å². The molecule has 0 fully saturated rings. The average Bonchev–Trinajstić information content (AvgIpc) is 2.58. The molecule has 3 rings (SSSR count). The van der Waals surface area contributed by atoms with Gasteiger partial charge in [0.2, 0.25) is 0 Å². The SMILES string of the molecule is COc1ccc(CN2C(=O)C(F)(F)Oc3c(C(C)O)cccc32)nc1. The molecule has 2 aromatic rings. The van der Waals surface area contributed by atoms with Gasteiger partial charge in [-0.3, -0.25) is 14.7 Å². The second-order valence-corrected chi connectivity index (χ2v) is 5.57. The Morgan fingerprint density at radius 2 is 2.12 bits per heavy atom. The molecule has 8 heteroatoms. The number of hydrogen-bond donors (Lipinski definition) is 1. The molecule has 0 aliphatic carbocycles. The van der Waals surface area contributed by atoms with Gasteiger partial charge in [-0.2, -0.15) is 8.78 Å². The van der Waals surface area contributed by atoms with E-state index in [1.807, 2.05) is 0 Å². The van der Waals surface area contributed by atoms with Gasteiger partial charge in [0.15, 0.2) is 5.75 Å². The van der Waals surface area contributed by atoms with Crippen LogP contribution in [0.25, 0.3) is 0 Å². The highest BCUT2D eigenvalue weighted by molar-refractivity contribution is 6.01. The fraction of sp³-hybridized carbons (Fsp3) is 0.294. The van der Waals surface area contributed by atoms with Crippen LogP contribution < -0.4 is 14.4 Å². The molecule has 1 aromatic heterocycles. The summed E-state index contributed by atoms with van der Waals surface area (Å²) in [7, 11) is 1.48. The van der Waals surface area contributed by atoms with Crippen LogP contribution in [0.5, 0.6) is 11.5 Å². The Kier molecular flexibility index (Phi) is 4.30. The number of alkyl halides is 2. The fourth-order valence-corrected chi connectivity index (χ4v) is 2.58. The first kappa shape index (κ1) is 17.1. The van der Waals surface area contributed by atoms with E-state index in [0.717, 1.165) is 4.90 Å². The van der Waals surface area contributed by atoms with E-state index >= 15 is 0 Å². The van der Waals surface area contributed by atoms with Gasteiger partial charge in [-0.25, -0.2) is 0 Å². The number of carbonyl (C=O) groups is 1. The third kappa shape index (κ3) is 3.12. The highest BCUT2D eigenvalue weighted by atomic mass is 19.3. The maximum Gasteiger partial charge on any atom is 0.483 e. The second kappa shape index (κ2) is 6.29. The van der Waals surface area contributed by atoms with Crippen molar-refractivity contribution in [2.75, 3.05) is 12.0 Å². The van der Waals surface area contributed by atoms with E-state index in [-0.39, 0.29) is 23.5 Å². The van der Waals surface area contributed by atoms with Crippen molar-refractivity contribution in [2.24, 2.45) is 0 Å². The number of aliphatic hydroxyl groups excluding tert-OH is 1. The van der Waals surface area contributed by atoms with Gasteiger partial charge in [-0.05, 0) is 25.1 Å². The number of nitrogens with zero attached hydrogens (tertiary/aromatic N) is 2. The normalized spacial score (nSPS) is 16.8. The maximum absolute atomic E-state index is 14.1. The van der Waals surface area contributed by atoms with E-state index in [2.05, 4.69) is 9.72 Å². The van der Waals surface area contributed by atoms with E-state index < -0.39 is 18.1 Å². The van der Waals surface area contributed by atoms with Gasteiger partial charge in [0.1, 0.15) is 5.75 Å². The molecule has 132 valence electrons. The van der Waals surface area contributed by atoms with Gasteiger partial charge in [-0.15, -0.1) is 0 Å². The van der Waals surface area contributed by atoms with Gasteiger partial charge >= 0.3 is 12.0 Å². The summed E-state index contributed by atoms with van der Waals surface area (Å²) in [5.41, 5.74) is 0.740. The molecule has 0 saturated carbocycles. The van der Waals surface area contributed by atoms with Crippen LogP contribution in [-0.2, 0) is 11.3 Å². The van der Waals surface area contributed by atoms with Crippen molar-refractivity contribution in [3.05, 3.63) is 47.8 Å². The summed E-state index contributed by atoms with van der Waals surface area (Å²) in [5, 5.41) is 9.79. The zero-order chi connectivity index (χ0) is 18.2. The summed E-state index contributed by atoms with van der Waals surface area (Å²) < 4.78 is 37.7. The number of aromatic nitrogens is 1. The second-order valence-electron chi connectivity index (χ2n) is 5.57. The number of para-hydroxylation sites is 1. The molecule has 1 aromatic carbocycles. The molecule has 1 unspecified atom stereocenters. The smallest absolute Gasteiger partial charge is 0.483 e. The van der Waals surface area contributed by atoms with Crippen LogP contribution in [0, 0.1) is 0 Å². The van der Waals surface area contributed by atoms with Crippen LogP contribution in [0.3, 0.4) is 0 Å². The number of fused-ring (bicyclic) bond motifs is 1. The summed E-state index contributed by atoms with van der Waals surface area (Å²) >= 11 is 0. The Hall–Kier alpha value is -2.74. The van der Waals surface area contributed by atoms with Crippen LogP contribution in [0.15, 0.2) is 36.5 Å². The first-order valence-corrected chi connectivity index (χ1v) is 7.52. The summed E-state index contributed by atoms with van der Waals surface area (Å²) in [4.78, 5) is 17.2. The number of ether oxygens (including phenoxy) is 2. The molecular weight excluding hydrogens is 334 g/mol. The molecule has 0 radical (unpaired) electrons. The predicted octanol–water partition coefficient (Wildman–Crippen LogP) is 2.66. The number of anilines is 1. The molecule has 0 spiro atoms. The minimum absolute atomic E-state index is 0.159. The van der Waals surface area contributed by atoms with E-state index in [4.69, 9.17) is 4.74 Å². The van der Waals surface area contributed by atoms with Crippen LogP contribution in [0.2, 0.25) is 0 Å². The third-order valence-electron chi connectivity index (χ3n) is 3.84. The van der Waals surface area contributed by atoms with Crippen molar-refractivity contribution in [3.8, 4) is 11.5 Å². The average molecular weight is 350 g/mol. The number of pyridine rings is 1. The van der Waals surface area contributed by atoms with Crippen molar-refractivity contribution in [3.63, 3.8) is 0 Å². The first-order chi connectivity index (χ1) is 11.8. The fourth-order valence-electron chi connectivity index (χ4n) is 2.58. The van der Waals surface area contributed by atoms with Gasteiger partial charge in [0, 0.05) is 5.56 Å². The molecule has 1 atom stereocenters. The summed E-state index contributed by atoms with van der Waals surface area (Å²) in [6.45, 7) is 1.26. The minimum Gasteiger partial charge on any atom is -0.495 e. The Labute approximate surface area is 142 Å². The Bertz CT molecular complexity index is 794. The summed E-state index contributed by atoms with van der Waals surface area (Å²) in [6, 6.07) is 7.73. The van der Waals surface area contributed by atoms with Crippen LogP contribution in [-0.4, -0.2) is 29.2 Å². The molecule has 1 aliphatic rings. The lowest BCUT2D eigenvalue weighted by atomic mass is 10.1. The minimum atomic E-state index is -4.02. The van der Waals surface area contributed by atoms with Gasteiger partial charge in [0.25, 0.3) is 0 Å². The molecule has 1 amide bonds. The summed E-state index contributed by atoms with van der Waals surface area (Å²) in [6.07, 6.45) is -3.62. The van der Waals surface area contributed by atoms with Crippen molar-refractivity contribution < 1.29 is 28.2 Å². The zero-order valence-corrected chi connectivity index (χ0v) is 13.6. The van der Waals surface area contributed by atoms with E-state index in [1.54, 1.807) is 18.2 Å². The number of hydrogen-bond acceptors (Lipinski definition) is 5. The van der Waals surface area contributed by atoms with Gasteiger partial charge in [-0.1, -0.05) is 12.1 Å². The Balaban J connectivity index is 2.03. The van der Waals surface area contributed by atoms with Crippen molar-refractivity contribution in [2.45, 2.75) is 25.7 Å². The lowest BCUT2D eigenvalue weighted by molar-refractivity contribution is -0.193. The number of rotatable bonds is 4. The third-order valence-corrected chi connectivity index (χ3v) is 3.84. The van der Waals surface area contributed by atoms with Gasteiger partial charge in [0.05, 0.1) is 37.3 Å². The molecule has 2 heterocycles. The lowest BCUT2D eigenvalue weighted by Crippen LogP contribution is -2.50. The number of carbonyl (C=O) groups excluding carboxylic acids is 1. The van der Waals surface area contributed by atoms with E-state index in [1.165, 1.54) is 32.4 Å². The summed E-state index contributed by atoms with van der Waals surface area (Å²) in [5.74, 6) is -1.19. The largest absolute Gasteiger partial charge is 0.495 e.